The summed E-state index contributed by atoms with van der Waals surface area (Å²) in [4.78, 5) is 12.7. The number of sulfonamides is 1. The lowest BCUT2D eigenvalue weighted by Gasteiger charge is -2.23. The Morgan fingerprint density at radius 3 is 2.29 bits per heavy atom. The Kier molecular flexibility index (Phi) is 9.11. The summed E-state index contributed by atoms with van der Waals surface area (Å²) in [5.41, 5.74) is 3.35. The highest BCUT2D eigenvalue weighted by Crippen LogP contribution is 2.28. The maximum absolute atomic E-state index is 13.3. The first-order valence-corrected chi connectivity index (χ1v) is 12.7. The second-order valence-electron chi connectivity index (χ2n) is 7.17. The number of carbonyl (C=O) groups is 1. The molecule has 184 valence electrons. The van der Waals surface area contributed by atoms with Gasteiger partial charge in [0.25, 0.3) is 15.9 Å². The minimum Gasteiger partial charge on any atom is -0.490 e. The van der Waals surface area contributed by atoms with Crippen LogP contribution in [0.4, 0.5) is 5.69 Å². The molecule has 0 saturated carbocycles. The van der Waals surface area contributed by atoms with Crippen molar-refractivity contribution in [3.63, 3.8) is 0 Å². The van der Waals surface area contributed by atoms with Crippen molar-refractivity contribution < 1.29 is 22.7 Å². The number of anilines is 1. The molecule has 0 aliphatic rings. The fourth-order valence-corrected chi connectivity index (χ4v) is 4.70. The molecule has 0 saturated heterocycles. The standard InChI is InChI=1S/C25H26ClN3O5S/c1-3-33-23-15-10-19(16-24(23)34-4-2)17-27-28-25(30)18-29(21-13-11-20(26)12-14-21)35(31,32)22-8-6-5-7-9-22/h5-17H,3-4,18H2,1-2H3,(H,28,30)/b27-17-. The Bertz CT molecular complexity index is 1270. The van der Waals surface area contributed by atoms with Crippen molar-refractivity contribution in [2.24, 2.45) is 5.10 Å². The molecule has 0 aromatic heterocycles. The maximum Gasteiger partial charge on any atom is 0.264 e. The van der Waals surface area contributed by atoms with Crippen molar-refractivity contribution >= 4 is 39.4 Å². The summed E-state index contributed by atoms with van der Waals surface area (Å²) in [7, 11) is -4.01. The monoisotopic (exact) mass is 515 g/mol. The molecule has 0 heterocycles. The van der Waals surface area contributed by atoms with Gasteiger partial charge in [-0.15, -0.1) is 0 Å². The molecule has 35 heavy (non-hydrogen) atoms. The third-order valence-electron chi connectivity index (χ3n) is 4.70. The first kappa shape index (κ1) is 26.1. The first-order valence-electron chi connectivity index (χ1n) is 10.9. The molecule has 3 rings (SSSR count). The number of halogens is 1. The van der Waals surface area contributed by atoms with Gasteiger partial charge in [-0.25, -0.2) is 13.8 Å². The fraction of sp³-hybridized carbons (Fsp3) is 0.200. The third kappa shape index (κ3) is 6.97. The molecule has 0 bridgehead atoms. The maximum atomic E-state index is 13.3. The van der Waals surface area contributed by atoms with Gasteiger partial charge in [0.15, 0.2) is 11.5 Å². The predicted molar refractivity (Wildman–Crippen MR) is 137 cm³/mol. The van der Waals surface area contributed by atoms with E-state index in [0.717, 1.165) is 4.31 Å². The number of amides is 1. The predicted octanol–water partition coefficient (Wildman–Crippen LogP) is 4.48. The number of carbonyl (C=O) groups excluding carboxylic acids is 1. The van der Waals surface area contributed by atoms with Crippen molar-refractivity contribution in [3.05, 3.63) is 83.4 Å². The summed E-state index contributed by atoms with van der Waals surface area (Å²) >= 11 is 5.96. The van der Waals surface area contributed by atoms with Crippen molar-refractivity contribution in [2.45, 2.75) is 18.7 Å². The van der Waals surface area contributed by atoms with Gasteiger partial charge in [0.05, 0.1) is 30.0 Å². The number of nitrogens with one attached hydrogen (secondary N) is 1. The van der Waals surface area contributed by atoms with E-state index in [4.69, 9.17) is 21.1 Å². The average Bonchev–Trinajstić information content (AvgIpc) is 2.85. The van der Waals surface area contributed by atoms with Crippen LogP contribution in [0.25, 0.3) is 0 Å². The number of rotatable bonds is 11. The van der Waals surface area contributed by atoms with Gasteiger partial charge in [-0.1, -0.05) is 29.8 Å². The van der Waals surface area contributed by atoms with E-state index in [1.807, 2.05) is 13.8 Å². The van der Waals surface area contributed by atoms with Crippen LogP contribution in [0.15, 0.2) is 82.8 Å². The molecular weight excluding hydrogens is 490 g/mol. The van der Waals surface area contributed by atoms with Gasteiger partial charge in [0.1, 0.15) is 6.54 Å². The average molecular weight is 516 g/mol. The molecule has 0 unspecified atom stereocenters. The number of ether oxygens (including phenoxy) is 2. The zero-order chi connectivity index (χ0) is 25.3. The van der Waals surface area contributed by atoms with Crippen LogP contribution in [-0.4, -0.2) is 40.3 Å². The number of hydrogen-bond acceptors (Lipinski definition) is 6. The summed E-state index contributed by atoms with van der Waals surface area (Å²) < 4.78 is 38.7. The molecule has 0 spiro atoms. The Morgan fingerprint density at radius 2 is 1.63 bits per heavy atom. The lowest BCUT2D eigenvalue weighted by molar-refractivity contribution is -0.119. The zero-order valence-corrected chi connectivity index (χ0v) is 20.9. The highest BCUT2D eigenvalue weighted by molar-refractivity contribution is 7.92. The molecule has 0 fully saturated rings. The van der Waals surface area contributed by atoms with Crippen molar-refractivity contribution in [1.82, 2.24) is 5.43 Å². The van der Waals surface area contributed by atoms with E-state index in [-0.39, 0.29) is 4.90 Å². The molecule has 0 atom stereocenters. The molecule has 0 aliphatic carbocycles. The van der Waals surface area contributed by atoms with Gasteiger partial charge in [0.2, 0.25) is 0 Å². The Labute approximate surface area is 210 Å². The van der Waals surface area contributed by atoms with Gasteiger partial charge >= 0.3 is 0 Å². The molecule has 1 N–H and O–H groups in total. The molecule has 0 aliphatic heterocycles. The van der Waals surface area contributed by atoms with E-state index >= 15 is 0 Å². The summed E-state index contributed by atoms with van der Waals surface area (Å²) in [6.07, 6.45) is 1.44. The van der Waals surface area contributed by atoms with Crippen molar-refractivity contribution in [1.29, 1.82) is 0 Å². The van der Waals surface area contributed by atoms with E-state index in [0.29, 0.717) is 41.0 Å². The number of benzene rings is 3. The van der Waals surface area contributed by atoms with Crippen LogP contribution in [-0.2, 0) is 14.8 Å². The minimum atomic E-state index is -4.01. The van der Waals surface area contributed by atoms with Gasteiger partial charge in [0, 0.05) is 5.02 Å². The minimum absolute atomic E-state index is 0.0593. The van der Waals surface area contributed by atoms with E-state index in [1.165, 1.54) is 30.5 Å². The molecule has 0 radical (unpaired) electrons. The summed E-state index contributed by atoms with van der Waals surface area (Å²) in [6.45, 7) is 4.23. The zero-order valence-electron chi connectivity index (χ0n) is 19.3. The Balaban J connectivity index is 1.78. The van der Waals surface area contributed by atoms with E-state index < -0.39 is 22.5 Å². The second-order valence-corrected chi connectivity index (χ2v) is 9.47. The smallest absolute Gasteiger partial charge is 0.264 e. The SMILES string of the molecule is CCOc1ccc(/C=N\NC(=O)CN(c2ccc(Cl)cc2)S(=O)(=O)c2ccccc2)cc1OCC. The molecular formula is C25H26ClN3O5S. The Hall–Kier alpha value is -3.56. The Morgan fingerprint density at radius 1 is 0.971 bits per heavy atom. The number of hydrogen-bond donors (Lipinski definition) is 1. The van der Waals surface area contributed by atoms with Crippen LogP contribution in [0, 0.1) is 0 Å². The lowest BCUT2D eigenvalue weighted by Crippen LogP contribution is -2.39. The largest absolute Gasteiger partial charge is 0.490 e. The second kappa shape index (κ2) is 12.2. The van der Waals surface area contributed by atoms with Gasteiger partial charge < -0.3 is 9.47 Å². The molecule has 1 amide bonds. The topological polar surface area (TPSA) is 97.3 Å². The number of hydrazone groups is 1. The highest BCUT2D eigenvalue weighted by atomic mass is 35.5. The fourth-order valence-electron chi connectivity index (χ4n) is 3.13. The summed E-state index contributed by atoms with van der Waals surface area (Å²) in [5, 5.41) is 4.42. The van der Waals surface area contributed by atoms with Gasteiger partial charge in [-0.05, 0) is 74.0 Å². The van der Waals surface area contributed by atoms with Crippen molar-refractivity contribution in [3.8, 4) is 11.5 Å². The molecule has 10 heteroatoms. The normalized spacial score (nSPS) is 11.3. The van der Waals surface area contributed by atoms with E-state index in [1.54, 1.807) is 48.5 Å². The van der Waals surface area contributed by atoms with Crippen LogP contribution in [0.1, 0.15) is 19.4 Å². The molecule has 3 aromatic rings. The van der Waals surface area contributed by atoms with Crippen LogP contribution in [0.5, 0.6) is 11.5 Å². The van der Waals surface area contributed by atoms with E-state index in [2.05, 4.69) is 10.5 Å². The lowest BCUT2D eigenvalue weighted by atomic mass is 10.2. The molecule has 8 nitrogen and oxygen atoms in total. The van der Waals surface area contributed by atoms with Crippen LogP contribution >= 0.6 is 11.6 Å². The van der Waals surface area contributed by atoms with Crippen LogP contribution in [0.3, 0.4) is 0 Å². The summed E-state index contributed by atoms with van der Waals surface area (Å²) in [5.74, 6) is 0.555. The van der Waals surface area contributed by atoms with Crippen LogP contribution < -0.4 is 19.2 Å². The highest BCUT2D eigenvalue weighted by Gasteiger charge is 2.27. The van der Waals surface area contributed by atoms with E-state index in [9.17, 15) is 13.2 Å². The van der Waals surface area contributed by atoms with Crippen molar-refractivity contribution in [2.75, 3.05) is 24.1 Å². The summed E-state index contributed by atoms with van der Waals surface area (Å²) in [6, 6.07) is 19.3. The van der Waals surface area contributed by atoms with Gasteiger partial charge in [-0.3, -0.25) is 9.10 Å². The quantitative estimate of drug-likeness (QED) is 0.300. The van der Waals surface area contributed by atoms with Gasteiger partial charge in [-0.2, -0.15) is 5.10 Å². The third-order valence-corrected chi connectivity index (χ3v) is 6.74. The first-order chi connectivity index (χ1) is 16.8. The molecule has 3 aromatic carbocycles. The number of nitrogens with zero attached hydrogens (tertiary/aromatic N) is 2. The van der Waals surface area contributed by atoms with Crippen LogP contribution in [0.2, 0.25) is 5.02 Å².